The molecule has 3 N–H and O–H groups in total. The molecule has 1 aromatic carbocycles. The van der Waals surface area contributed by atoms with Crippen molar-refractivity contribution in [3.8, 4) is 11.5 Å². The van der Waals surface area contributed by atoms with Crippen LogP contribution in [0.3, 0.4) is 0 Å². The number of aliphatic hydroxyl groups excluding tert-OH is 1. The van der Waals surface area contributed by atoms with Gasteiger partial charge in [0.2, 0.25) is 0 Å². The molecule has 27 heavy (non-hydrogen) atoms. The van der Waals surface area contributed by atoms with Gasteiger partial charge in [-0.2, -0.15) is 0 Å². The van der Waals surface area contributed by atoms with E-state index >= 15 is 0 Å². The molecule has 0 amide bonds. The monoisotopic (exact) mass is 376 g/mol. The standard InChI is InChI=1S/C24H40O3/c1-4-5-6-9-16-24(2,3)21-15-14-20(22(26)23(21)27)19-13-8-7-11-18(19)12-10-17-25/h14-15,18-19,25-27H,4-13,16-17H2,1-3H3/t18-,19?/m0/s1. The first-order valence-electron chi connectivity index (χ1n) is 11.1. The van der Waals surface area contributed by atoms with Gasteiger partial charge in [-0.25, -0.2) is 0 Å². The molecule has 0 aromatic heterocycles. The number of benzene rings is 1. The molecule has 3 heteroatoms. The summed E-state index contributed by atoms with van der Waals surface area (Å²) in [5, 5.41) is 30.9. The van der Waals surface area contributed by atoms with E-state index in [4.69, 9.17) is 0 Å². The van der Waals surface area contributed by atoms with Crippen LogP contribution in [0.15, 0.2) is 12.1 Å². The number of aromatic hydroxyl groups is 2. The summed E-state index contributed by atoms with van der Waals surface area (Å²) in [6, 6.07) is 4.10. The lowest BCUT2D eigenvalue weighted by molar-refractivity contribution is 0.234. The summed E-state index contributed by atoms with van der Waals surface area (Å²) in [4.78, 5) is 0. The van der Waals surface area contributed by atoms with Crippen molar-refractivity contribution in [2.45, 2.75) is 103 Å². The van der Waals surface area contributed by atoms with E-state index in [1.165, 1.54) is 32.1 Å². The molecule has 0 heterocycles. The second-order valence-electron chi connectivity index (χ2n) is 9.11. The SMILES string of the molecule is CCCCCCC(C)(C)c1ccc(C2CCCC[C@H]2CCCO)c(O)c1O. The molecule has 0 aliphatic heterocycles. The van der Waals surface area contributed by atoms with Crippen molar-refractivity contribution in [1.82, 2.24) is 0 Å². The van der Waals surface area contributed by atoms with Gasteiger partial charge < -0.3 is 15.3 Å². The minimum atomic E-state index is -0.142. The van der Waals surface area contributed by atoms with Gasteiger partial charge >= 0.3 is 0 Å². The summed E-state index contributed by atoms with van der Waals surface area (Å²) in [6.07, 6.45) is 12.3. The highest BCUT2D eigenvalue weighted by Gasteiger charge is 2.31. The number of hydrogen-bond donors (Lipinski definition) is 3. The number of aliphatic hydroxyl groups is 1. The normalized spacial score (nSPS) is 20.7. The van der Waals surface area contributed by atoms with Crippen LogP contribution in [0.5, 0.6) is 11.5 Å². The van der Waals surface area contributed by atoms with E-state index in [0.717, 1.165) is 49.7 Å². The van der Waals surface area contributed by atoms with Gasteiger partial charge in [0.25, 0.3) is 0 Å². The molecule has 0 saturated heterocycles. The first-order chi connectivity index (χ1) is 12.9. The second kappa shape index (κ2) is 10.4. The van der Waals surface area contributed by atoms with Crippen LogP contribution < -0.4 is 0 Å². The van der Waals surface area contributed by atoms with Crippen LogP contribution in [0.25, 0.3) is 0 Å². The van der Waals surface area contributed by atoms with Crippen LogP contribution in [0, 0.1) is 5.92 Å². The molecule has 1 fully saturated rings. The van der Waals surface area contributed by atoms with Crippen molar-refractivity contribution in [1.29, 1.82) is 0 Å². The Hall–Kier alpha value is -1.22. The van der Waals surface area contributed by atoms with E-state index in [1.807, 2.05) is 6.07 Å². The van der Waals surface area contributed by atoms with Gasteiger partial charge in [-0.3, -0.25) is 0 Å². The van der Waals surface area contributed by atoms with Crippen molar-refractivity contribution in [3.05, 3.63) is 23.3 Å². The summed E-state index contributed by atoms with van der Waals surface area (Å²) in [5.74, 6) is 0.955. The Balaban J connectivity index is 2.19. The average Bonchev–Trinajstić information content (AvgIpc) is 2.66. The van der Waals surface area contributed by atoms with Crippen LogP contribution in [0.4, 0.5) is 0 Å². The zero-order chi connectivity index (χ0) is 19.9. The Bertz CT molecular complexity index is 579. The summed E-state index contributed by atoms with van der Waals surface area (Å²) >= 11 is 0. The molecule has 0 bridgehead atoms. The Morgan fingerprint density at radius 3 is 2.41 bits per heavy atom. The van der Waals surface area contributed by atoms with E-state index in [1.54, 1.807) is 0 Å². The largest absolute Gasteiger partial charge is 0.504 e. The van der Waals surface area contributed by atoms with Crippen molar-refractivity contribution >= 4 is 0 Å². The van der Waals surface area contributed by atoms with Gasteiger partial charge in [0.1, 0.15) is 0 Å². The smallest absolute Gasteiger partial charge is 0.161 e. The molecule has 2 rings (SSSR count). The van der Waals surface area contributed by atoms with E-state index in [-0.39, 0.29) is 29.4 Å². The van der Waals surface area contributed by atoms with Gasteiger partial charge in [0, 0.05) is 17.7 Å². The number of hydrogen-bond acceptors (Lipinski definition) is 3. The van der Waals surface area contributed by atoms with Crippen LogP contribution in [0.2, 0.25) is 0 Å². The lowest BCUT2D eigenvalue weighted by Gasteiger charge is -2.33. The van der Waals surface area contributed by atoms with E-state index in [2.05, 4.69) is 26.8 Å². The Kier molecular flexibility index (Phi) is 8.47. The predicted octanol–water partition coefficient (Wildman–Crippen LogP) is 6.39. The zero-order valence-electron chi connectivity index (χ0n) is 17.6. The minimum Gasteiger partial charge on any atom is -0.504 e. The molecule has 1 aromatic rings. The van der Waals surface area contributed by atoms with Crippen molar-refractivity contribution in [2.75, 3.05) is 6.61 Å². The van der Waals surface area contributed by atoms with Crippen molar-refractivity contribution < 1.29 is 15.3 Å². The topological polar surface area (TPSA) is 60.7 Å². The third kappa shape index (κ3) is 5.63. The fraction of sp³-hybridized carbons (Fsp3) is 0.750. The number of phenols is 2. The molecule has 0 radical (unpaired) electrons. The molecular weight excluding hydrogens is 336 g/mol. The highest BCUT2D eigenvalue weighted by Crippen LogP contribution is 2.48. The Labute approximate surface area is 165 Å². The van der Waals surface area contributed by atoms with Gasteiger partial charge in [0.05, 0.1) is 0 Å². The summed E-state index contributed by atoms with van der Waals surface area (Å²) < 4.78 is 0. The molecule has 2 atom stereocenters. The molecule has 1 unspecified atom stereocenters. The van der Waals surface area contributed by atoms with E-state index < -0.39 is 0 Å². The van der Waals surface area contributed by atoms with Gasteiger partial charge in [0.15, 0.2) is 11.5 Å². The van der Waals surface area contributed by atoms with E-state index in [0.29, 0.717) is 5.92 Å². The Morgan fingerprint density at radius 1 is 0.963 bits per heavy atom. The average molecular weight is 377 g/mol. The van der Waals surface area contributed by atoms with E-state index in [9.17, 15) is 15.3 Å². The third-order valence-electron chi connectivity index (χ3n) is 6.61. The lowest BCUT2D eigenvalue weighted by atomic mass is 9.72. The molecule has 154 valence electrons. The van der Waals surface area contributed by atoms with Crippen LogP contribution >= 0.6 is 0 Å². The fourth-order valence-electron chi connectivity index (χ4n) is 4.89. The number of unbranched alkanes of at least 4 members (excludes halogenated alkanes) is 3. The lowest BCUT2D eigenvalue weighted by Crippen LogP contribution is -2.20. The third-order valence-corrected chi connectivity index (χ3v) is 6.61. The summed E-state index contributed by atoms with van der Waals surface area (Å²) in [5.41, 5.74) is 1.63. The zero-order valence-corrected chi connectivity index (χ0v) is 17.6. The van der Waals surface area contributed by atoms with Crippen molar-refractivity contribution in [2.24, 2.45) is 5.92 Å². The van der Waals surface area contributed by atoms with Crippen LogP contribution in [-0.2, 0) is 5.41 Å². The second-order valence-corrected chi connectivity index (χ2v) is 9.11. The van der Waals surface area contributed by atoms with Gasteiger partial charge in [-0.15, -0.1) is 0 Å². The summed E-state index contributed by atoms with van der Waals surface area (Å²) in [7, 11) is 0. The Morgan fingerprint density at radius 2 is 1.70 bits per heavy atom. The number of rotatable bonds is 10. The minimum absolute atomic E-state index is 0.0828. The predicted molar refractivity (Wildman–Crippen MR) is 113 cm³/mol. The highest BCUT2D eigenvalue weighted by molar-refractivity contribution is 5.54. The molecule has 0 spiro atoms. The maximum atomic E-state index is 10.8. The van der Waals surface area contributed by atoms with Crippen LogP contribution in [0.1, 0.15) is 108 Å². The molecule has 3 nitrogen and oxygen atoms in total. The maximum Gasteiger partial charge on any atom is 0.161 e. The first kappa shape index (κ1) is 22.1. The fourth-order valence-corrected chi connectivity index (χ4v) is 4.89. The number of phenolic OH excluding ortho intramolecular Hbond substituents is 2. The van der Waals surface area contributed by atoms with Gasteiger partial charge in [-0.05, 0) is 49.4 Å². The van der Waals surface area contributed by atoms with Gasteiger partial charge in [-0.1, -0.05) is 71.4 Å². The quantitative estimate of drug-likeness (QED) is 0.327. The molecule has 1 aliphatic rings. The molecule has 1 aliphatic carbocycles. The summed E-state index contributed by atoms with van der Waals surface area (Å²) in [6.45, 7) is 6.77. The maximum absolute atomic E-state index is 10.8. The first-order valence-corrected chi connectivity index (χ1v) is 11.1. The highest BCUT2D eigenvalue weighted by atomic mass is 16.3. The molecular formula is C24H40O3. The van der Waals surface area contributed by atoms with Crippen LogP contribution in [-0.4, -0.2) is 21.9 Å². The van der Waals surface area contributed by atoms with Crippen molar-refractivity contribution in [3.63, 3.8) is 0 Å². The molecule has 1 saturated carbocycles.